The summed E-state index contributed by atoms with van der Waals surface area (Å²) in [6.07, 6.45) is 12.1. The van der Waals surface area contributed by atoms with Crippen molar-refractivity contribution in [2.45, 2.75) is 117 Å². The van der Waals surface area contributed by atoms with Crippen molar-refractivity contribution < 1.29 is 9.31 Å². The van der Waals surface area contributed by atoms with Crippen molar-refractivity contribution in [3.63, 3.8) is 0 Å². The molecule has 0 amide bonds. The molecule has 1 heterocycles. The molecule has 0 bridgehead atoms. The van der Waals surface area contributed by atoms with E-state index in [-0.39, 0.29) is 18.3 Å². The first-order chi connectivity index (χ1) is 13.2. The van der Waals surface area contributed by atoms with Gasteiger partial charge in [-0.2, -0.15) is 0 Å². The second-order valence-corrected chi connectivity index (χ2v) is 9.46. The van der Waals surface area contributed by atoms with Crippen molar-refractivity contribution in [3.8, 4) is 0 Å². The molecule has 1 aliphatic rings. The highest BCUT2D eigenvalue weighted by molar-refractivity contribution is 6.62. The average Bonchev–Trinajstić information content (AvgIpc) is 2.84. The van der Waals surface area contributed by atoms with Crippen LogP contribution < -0.4 is 10.9 Å². The molecule has 0 unspecified atom stereocenters. The van der Waals surface area contributed by atoms with E-state index in [1.807, 2.05) is 0 Å². The smallest absolute Gasteiger partial charge is 0.399 e. The summed E-state index contributed by atoms with van der Waals surface area (Å²) in [5.41, 5.74) is 4.03. The summed E-state index contributed by atoms with van der Waals surface area (Å²) in [4.78, 5) is 0. The van der Waals surface area contributed by atoms with Gasteiger partial charge in [0.25, 0.3) is 0 Å². The minimum Gasteiger partial charge on any atom is -0.399 e. The van der Waals surface area contributed by atoms with Gasteiger partial charge < -0.3 is 9.31 Å². The summed E-state index contributed by atoms with van der Waals surface area (Å²) in [5.74, 6) is 0. The highest BCUT2D eigenvalue weighted by Gasteiger charge is 2.52. The normalized spacial score (nSPS) is 18.0. The van der Waals surface area contributed by atoms with E-state index in [2.05, 4.69) is 53.7 Å². The highest BCUT2D eigenvalue weighted by Crippen LogP contribution is 2.36. The van der Waals surface area contributed by atoms with Crippen LogP contribution in [0.2, 0.25) is 0 Å². The van der Waals surface area contributed by atoms with Crippen LogP contribution in [0.4, 0.5) is 0 Å². The standard InChI is InChI=1S/C24H40B2O2/c1-7-9-11-13-15-19-18-22(26-27-23(3,4)24(5,6)28-26)20(17-21(19)25)16-14-12-10-8-2/h17-18H,7-16H2,1-6H3. The fourth-order valence-electron chi connectivity index (χ4n) is 3.83. The molecule has 0 N–H and O–H groups in total. The van der Waals surface area contributed by atoms with E-state index in [9.17, 15) is 0 Å². The zero-order valence-electron chi connectivity index (χ0n) is 19.2. The van der Waals surface area contributed by atoms with Crippen LogP contribution in [0.5, 0.6) is 0 Å². The van der Waals surface area contributed by atoms with Gasteiger partial charge in [0.15, 0.2) is 0 Å². The predicted octanol–water partition coefficient (Wildman–Crippen LogP) is 5.03. The van der Waals surface area contributed by atoms with Crippen molar-refractivity contribution >= 4 is 25.9 Å². The van der Waals surface area contributed by atoms with Gasteiger partial charge in [0.1, 0.15) is 7.85 Å². The summed E-state index contributed by atoms with van der Waals surface area (Å²) in [6.45, 7) is 13.0. The Labute approximate surface area is 175 Å². The SMILES string of the molecule is [B]c1cc(CCCCCC)c(B2OC(C)(C)C(C)(C)O2)cc1CCCCCC. The second-order valence-electron chi connectivity index (χ2n) is 9.46. The van der Waals surface area contributed by atoms with Crippen molar-refractivity contribution in [1.82, 2.24) is 0 Å². The van der Waals surface area contributed by atoms with E-state index >= 15 is 0 Å². The molecule has 0 aromatic heterocycles. The lowest BCUT2D eigenvalue weighted by Gasteiger charge is -2.32. The average molecular weight is 382 g/mol. The molecule has 1 aliphatic heterocycles. The lowest BCUT2D eigenvalue weighted by molar-refractivity contribution is 0.00578. The third-order valence-corrected chi connectivity index (χ3v) is 6.51. The molecule has 2 nitrogen and oxygen atoms in total. The molecule has 0 saturated carbocycles. The number of aryl methyl sites for hydroxylation is 2. The Balaban J connectivity index is 2.24. The molecular formula is C24H40B2O2. The lowest BCUT2D eigenvalue weighted by atomic mass is 9.71. The summed E-state index contributed by atoms with van der Waals surface area (Å²) in [5, 5.41) is 0. The van der Waals surface area contributed by atoms with Gasteiger partial charge in [0, 0.05) is 0 Å². The van der Waals surface area contributed by atoms with E-state index < -0.39 is 0 Å². The van der Waals surface area contributed by atoms with E-state index in [0.717, 1.165) is 18.3 Å². The second kappa shape index (κ2) is 10.3. The third kappa shape index (κ3) is 5.89. The maximum absolute atomic E-state index is 6.46. The van der Waals surface area contributed by atoms with Crippen LogP contribution >= 0.6 is 0 Å². The monoisotopic (exact) mass is 382 g/mol. The van der Waals surface area contributed by atoms with Crippen LogP contribution in [-0.2, 0) is 22.2 Å². The first-order valence-electron chi connectivity index (χ1n) is 11.5. The van der Waals surface area contributed by atoms with Crippen molar-refractivity contribution in [2.75, 3.05) is 0 Å². The van der Waals surface area contributed by atoms with Gasteiger partial charge in [-0.15, -0.1) is 0 Å². The minimum absolute atomic E-state index is 0.304. The zero-order valence-corrected chi connectivity index (χ0v) is 19.2. The quantitative estimate of drug-likeness (QED) is 0.395. The molecule has 2 radical (unpaired) electrons. The fraction of sp³-hybridized carbons (Fsp3) is 0.750. The van der Waals surface area contributed by atoms with E-state index in [1.54, 1.807) is 0 Å². The van der Waals surface area contributed by atoms with E-state index in [4.69, 9.17) is 17.2 Å². The molecule has 28 heavy (non-hydrogen) atoms. The van der Waals surface area contributed by atoms with Gasteiger partial charge >= 0.3 is 7.12 Å². The fourth-order valence-corrected chi connectivity index (χ4v) is 3.83. The van der Waals surface area contributed by atoms with Gasteiger partial charge in [0.2, 0.25) is 0 Å². The van der Waals surface area contributed by atoms with Gasteiger partial charge in [0.05, 0.1) is 11.2 Å². The molecule has 1 fully saturated rings. The van der Waals surface area contributed by atoms with Crippen LogP contribution in [0.3, 0.4) is 0 Å². The molecular weight excluding hydrogens is 342 g/mol. The van der Waals surface area contributed by atoms with Gasteiger partial charge in [-0.3, -0.25) is 0 Å². The molecule has 0 atom stereocenters. The Kier molecular flexibility index (Phi) is 8.70. The van der Waals surface area contributed by atoms with Crippen LogP contribution in [0.1, 0.15) is 104 Å². The molecule has 0 aliphatic carbocycles. The third-order valence-electron chi connectivity index (χ3n) is 6.51. The molecule has 2 rings (SSSR count). The van der Waals surface area contributed by atoms with E-state index in [0.29, 0.717) is 0 Å². The van der Waals surface area contributed by atoms with Gasteiger partial charge in [-0.1, -0.05) is 75.5 Å². The minimum atomic E-state index is -0.320. The lowest BCUT2D eigenvalue weighted by Crippen LogP contribution is -2.41. The molecule has 4 heteroatoms. The Morgan fingerprint density at radius 3 is 1.75 bits per heavy atom. The summed E-state index contributed by atoms with van der Waals surface area (Å²) in [6, 6.07) is 4.47. The molecule has 0 spiro atoms. The maximum Gasteiger partial charge on any atom is 0.495 e. The number of benzene rings is 1. The number of hydrogen-bond donors (Lipinski definition) is 0. The number of unbranched alkanes of at least 4 members (excludes halogenated alkanes) is 6. The number of hydrogen-bond acceptors (Lipinski definition) is 2. The van der Waals surface area contributed by atoms with Crippen molar-refractivity contribution in [3.05, 3.63) is 23.3 Å². The highest BCUT2D eigenvalue weighted by atomic mass is 16.7. The summed E-state index contributed by atoms with van der Waals surface area (Å²) in [7, 11) is 6.15. The van der Waals surface area contributed by atoms with Gasteiger partial charge in [-0.05, 0) is 64.4 Å². The zero-order chi connectivity index (χ0) is 20.8. The Morgan fingerprint density at radius 1 is 0.750 bits per heavy atom. The van der Waals surface area contributed by atoms with Crippen LogP contribution in [0, 0.1) is 0 Å². The molecule has 1 aromatic rings. The molecule has 1 saturated heterocycles. The predicted molar refractivity (Wildman–Crippen MR) is 123 cm³/mol. The topological polar surface area (TPSA) is 18.5 Å². The van der Waals surface area contributed by atoms with Crippen LogP contribution in [-0.4, -0.2) is 26.2 Å². The van der Waals surface area contributed by atoms with Gasteiger partial charge in [-0.25, -0.2) is 0 Å². The largest absolute Gasteiger partial charge is 0.495 e. The number of rotatable bonds is 11. The van der Waals surface area contributed by atoms with Crippen LogP contribution in [0.15, 0.2) is 12.1 Å². The Bertz CT molecular complexity index is 609. The Hall–Kier alpha value is -0.730. The van der Waals surface area contributed by atoms with Crippen molar-refractivity contribution in [1.29, 1.82) is 0 Å². The Morgan fingerprint density at radius 2 is 1.25 bits per heavy atom. The molecule has 154 valence electrons. The first-order valence-corrected chi connectivity index (χ1v) is 11.5. The maximum atomic E-state index is 6.46. The first kappa shape index (κ1) is 23.5. The van der Waals surface area contributed by atoms with E-state index in [1.165, 1.54) is 68.0 Å². The van der Waals surface area contributed by atoms with Crippen LogP contribution in [0.25, 0.3) is 0 Å². The summed E-state index contributed by atoms with van der Waals surface area (Å²) < 4.78 is 12.8. The van der Waals surface area contributed by atoms with Crippen molar-refractivity contribution in [2.24, 2.45) is 0 Å². The molecule has 1 aromatic carbocycles. The summed E-state index contributed by atoms with van der Waals surface area (Å²) >= 11 is 0.